The van der Waals surface area contributed by atoms with E-state index in [-0.39, 0.29) is 67.9 Å². The summed E-state index contributed by atoms with van der Waals surface area (Å²) in [6.45, 7) is 8.72. The molecule has 3 aromatic heterocycles. The second-order valence-electron chi connectivity index (χ2n) is 8.18. The van der Waals surface area contributed by atoms with Crippen LogP contribution in [0.3, 0.4) is 0 Å². The summed E-state index contributed by atoms with van der Waals surface area (Å²) in [4.78, 5) is 14.8. The van der Waals surface area contributed by atoms with Crippen molar-refractivity contribution in [1.82, 2.24) is 24.1 Å². The van der Waals surface area contributed by atoms with Crippen molar-refractivity contribution in [1.29, 1.82) is 0 Å². The third-order valence-corrected chi connectivity index (χ3v) is 5.43. The fourth-order valence-corrected chi connectivity index (χ4v) is 4.18. The van der Waals surface area contributed by atoms with E-state index in [1.54, 1.807) is 0 Å². The molecule has 0 aliphatic heterocycles. The van der Waals surface area contributed by atoms with E-state index in [4.69, 9.17) is 15.0 Å². The predicted octanol–water partition coefficient (Wildman–Crippen LogP) is -2.71. The molecule has 5 aromatic rings. The van der Waals surface area contributed by atoms with Crippen molar-refractivity contribution in [3.05, 3.63) is 66.7 Å². The average Bonchev–Trinajstić information content (AvgIpc) is 3.33. The van der Waals surface area contributed by atoms with Crippen LogP contribution in [-0.2, 0) is 18.6 Å². The van der Waals surface area contributed by atoms with Crippen molar-refractivity contribution in [3.8, 4) is 23.0 Å². The number of aromatic nitrogens is 5. The van der Waals surface area contributed by atoms with Gasteiger partial charge in [-0.25, -0.2) is 15.0 Å². The van der Waals surface area contributed by atoms with Gasteiger partial charge in [0, 0.05) is 30.6 Å². The molecular formula is C25H25Cl3N5V-3. The Hall–Kier alpha value is -2.02. The molecule has 0 saturated heterocycles. The van der Waals surface area contributed by atoms with Crippen molar-refractivity contribution in [3.63, 3.8) is 0 Å². The molecule has 34 heavy (non-hydrogen) atoms. The molecule has 5 nitrogen and oxygen atoms in total. The van der Waals surface area contributed by atoms with Gasteiger partial charge in [0.05, 0.1) is 22.1 Å². The van der Waals surface area contributed by atoms with Crippen molar-refractivity contribution in [2.45, 2.75) is 39.8 Å². The molecule has 0 spiro atoms. The van der Waals surface area contributed by atoms with E-state index in [0.717, 1.165) is 45.1 Å². The van der Waals surface area contributed by atoms with Gasteiger partial charge in [-0.3, -0.25) is 0 Å². The van der Waals surface area contributed by atoms with Crippen LogP contribution in [-0.4, -0.2) is 24.1 Å². The van der Waals surface area contributed by atoms with E-state index in [1.807, 2.05) is 30.3 Å². The second kappa shape index (κ2) is 12.1. The molecule has 0 N–H and O–H groups in total. The molecule has 1 radical (unpaired) electrons. The maximum absolute atomic E-state index is 5.02. The first-order chi connectivity index (χ1) is 14.5. The van der Waals surface area contributed by atoms with Gasteiger partial charge in [-0.2, -0.15) is 0 Å². The molecule has 0 unspecified atom stereocenters. The van der Waals surface area contributed by atoms with Gasteiger partial charge in [-0.1, -0.05) is 30.3 Å². The monoisotopic (exact) mass is 551 g/mol. The van der Waals surface area contributed by atoms with Gasteiger partial charge in [0.15, 0.2) is 11.6 Å². The summed E-state index contributed by atoms with van der Waals surface area (Å²) in [5.41, 5.74) is 5.96. The third-order valence-electron chi connectivity index (χ3n) is 5.43. The Balaban J connectivity index is 0.00000144. The van der Waals surface area contributed by atoms with Crippen LogP contribution in [0.5, 0.6) is 0 Å². The van der Waals surface area contributed by atoms with Crippen LogP contribution >= 0.6 is 0 Å². The molecule has 9 heteroatoms. The van der Waals surface area contributed by atoms with E-state index >= 15 is 0 Å². The largest absolute Gasteiger partial charge is 1.00 e. The maximum Gasteiger partial charge on any atom is 0.160 e. The number of pyridine rings is 1. The van der Waals surface area contributed by atoms with Gasteiger partial charge in [0.2, 0.25) is 0 Å². The Labute approximate surface area is 230 Å². The minimum Gasteiger partial charge on any atom is -1.00 e. The Morgan fingerprint density at radius 2 is 0.912 bits per heavy atom. The van der Waals surface area contributed by atoms with E-state index in [2.05, 4.69) is 73.2 Å². The molecule has 0 bridgehead atoms. The zero-order chi connectivity index (χ0) is 20.8. The van der Waals surface area contributed by atoms with E-state index < -0.39 is 0 Å². The summed E-state index contributed by atoms with van der Waals surface area (Å²) in [6, 6.07) is 23.2. The summed E-state index contributed by atoms with van der Waals surface area (Å²) in [6.07, 6.45) is 0. The van der Waals surface area contributed by atoms with E-state index in [1.165, 1.54) is 0 Å². The summed E-state index contributed by atoms with van der Waals surface area (Å²) in [5, 5.41) is 0. The maximum atomic E-state index is 5.02. The average molecular weight is 553 g/mol. The van der Waals surface area contributed by atoms with E-state index in [9.17, 15) is 0 Å². The molecule has 179 valence electrons. The summed E-state index contributed by atoms with van der Waals surface area (Å²) < 4.78 is 4.51. The van der Waals surface area contributed by atoms with Crippen LogP contribution in [0.1, 0.15) is 39.8 Å². The summed E-state index contributed by atoms with van der Waals surface area (Å²) in [5.74, 6) is 1.78. The van der Waals surface area contributed by atoms with Gasteiger partial charge < -0.3 is 46.4 Å². The minimum absolute atomic E-state index is 0. The molecule has 0 saturated carbocycles. The number of hydrogen-bond donors (Lipinski definition) is 0. The predicted molar refractivity (Wildman–Crippen MR) is 122 cm³/mol. The first-order valence-electron chi connectivity index (χ1n) is 10.5. The Morgan fingerprint density at radius 1 is 0.529 bits per heavy atom. The number of nitrogens with zero attached hydrogens (tertiary/aromatic N) is 5. The molecule has 0 atom stereocenters. The van der Waals surface area contributed by atoms with Gasteiger partial charge in [0.1, 0.15) is 11.4 Å². The molecular weight excluding hydrogens is 528 g/mol. The normalized spacial score (nSPS) is 10.5. The van der Waals surface area contributed by atoms with Crippen LogP contribution < -0.4 is 37.2 Å². The zero-order valence-corrected chi connectivity index (χ0v) is 23.0. The van der Waals surface area contributed by atoms with Crippen LogP contribution in [0.4, 0.5) is 0 Å². The van der Waals surface area contributed by atoms with E-state index in [0.29, 0.717) is 0 Å². The van der Waals surface area contributed by atoms with Crippen molar-refractivity contribution in [2.75, 3.05) is 0 Å². The fourth-order valence-electron chi connectivity index (χ4n) is 4.18. The zero-order valence-electron chi connectivity index (χ0n) is 19.3. The number of fused-ring (bicyclic) bond motifs is 2. The number of hydrogen-bond acceptors (Lipinski definition) is 3. The van der Waals surface area contributed by atoms with Gasteiger partial charge in [-0.05, 0) is 64.1 Å². The Morgan fingerprint density at radius 3 is 1.29 bits per heavy atom. The number of rotatable bonds is 4. The standard InChI is InChI=1S/C25H25N5.3ClH.V/c1-16(2)29-22-14-7-5-10-18(22)27-24(29)20-12-9-13-21(26-20)25-28-19-11-6-8-15-23(19)30(25)17(3)4;;;;/h5-17H,1-4H3;3*1H;/p-3. The molecule has 0 aliphatic carbocycles. The molecule has 2 aromatic carbocycles. The Bertz CT molecular complexity index is 1280. The van der Waals surface area contributed by atoms with Crippen LogP contribution in [0, 0.1) is 0 Å². The molecule has 0 fully saturated rings. The molecule has 0 aliphatic rings. The van der Waals surface area contributed by atoms with Crippen molar-refractivity contribution in [2.24, 2.45) is 0 Å². The molecule has 5 rings (SSSR count). The van der Waals surface area contributed by atoms with Crippen molar-refractivity contribution >= 4 is 22.1 Å². The summed E-state index contributed by atoms with van der Waals surface area (Å²) >= 11 is 0. The van der Waals surface area contributed by atoms with Crippen molar-refractivity contribution < 1.29 is 55.8 Å². The smallest absolute Gasteiger partial charge is 0.160 e. The number of benzene rings is 2. The molecule has 3 heterocycles. The van der Waals surface area contributed by atoms with Gasteiger partial charge in [0.25, 0.3) is 0 Å². The SMILES string of the molecule is CC(C)n1c(-c2cccc(-c3nc4ccccc4n3C(C)C)n2)nc2ccccc21.[Cl-].[Cl-].[Cl-].[V]. The second-order valence-corrected chi connectivity index (χ2v) is 8.18. The quantitative estimate of drug-likeness (QED) is 0.244. The van der Waals surface area contributed by atoms with Crippen LogP contribution in [0.25, 0.3) is 45.1 Å². The first kappa shape index (κ1) is 30.0. The van der Waals surface area contributed by atoms with Gasteiger partial charge >= 0.3 is 0 Å². The topological polar surface area (TPSA) is 48.5 Å². The fraction of sp³-hybridized carbons (Fsp3) is 0.240. The third kappa shape index (κ3) is 5.14. The minimum atomic E-state index is 0. The number of halogens is 3. The number of imidazole rings is 2. The summed E-state index contributed by atoms with van der Waals surface area (Å²) in [7, 11) is 0. The number of para-hydroxylation sites is 4. The van der Waals surface area contributed by atoms with Crippen LogP contribution in [0.2, 0.25) is 0 Å². The molecule has 0 amide bonds. The first-order valence-corrected chi connectivity index (χ1v) is 10.5. The van der Waals surface area contributed by atoms with Gasteiger partial charge in [-0.15, -0.1) is 0 Å². The van der Waals surface area contributed by atoms with Crippen LogP contribution in [0.15, 0.2) is 66.7 Å². The Kier molecular flexibility index (Phi) is 10.7.